The first-order valence-electron chi connectivity index (χ1n) is 11.8. The Labute approximate surface area is 211 Å². The van der Waals surface area contributed by atoms with Crippen LogP contribution in [0.2, 0.25) is 0 Å². The van der Waals surface area contributed by atoms with Gasteiger partial charge in [0.15, 0.2) is 11.0 Å². The van der Waals surface area contributed by atoms with Crippen LogP contribution in [0.25, 0.3) is 22.3 Å². The molecule has 2 fully saturated rings. The van der Waals surface area contributed by atoms with Gasteiger partial charge in [-0.3, -0.25) is 4.98 Å². The summed E-state index contributed by atoms with van der Waals surface area (Å²) in [5.74, 6) is 2.81. The SMILES string of the molecule is Cc1ccc2c(-c3nnc(SCCCN4C[C@H]5C[C@@]5(c5ccccc5)C4)n3C)cccc2n1.Cl. The summed E-state index contributed by atoms with van der Waals surface area (Å²) in [7, 11) is 2.07. The molecule has 0 bridgehead atoms. The summed E-state index contributed by atoms with van der Waals surface area (Å²) in [5.41, 5.74) is 5.10. The van der Waals surface area contributed by atoms with E-state index in [1.54, 1.807) is 0 Å². The normalized spacial score (nSPS) is 21.4. The minimum Gasteiger partial charge on any atom is -0.305 e. The number of benzene rings is 2. The van der Waals surface area contributed by atoms with E-state index in [0.29, 0.717) is 5.41 Å². The van der Waals surface area contributed by atoms with Crippen LogP contribution in [0.4, 0.5) is 0 Å². The second kappa shape index (κ2) is 9.33. The third-order valence-corrected chi connectivity index (χ3v) is 8.47. The molecular weight excluding hydrogens is 462 g/mol. The van der Waals surface area contributed by atoms with Crippen LogP contribution in [0, 0.1) is 12.8 Å². The van der Waals surface area contributed by atoms with E-state index < -0.39 is 0 Å². The number of nitrogens with zero attached hydrogens (tertiary/aromatic N) is 5. The predicted octanol–water partition coefficient (Wildman–Crippen LogP) is 5.52. The number of fused-ring (bicyclic) bond motifs is 2. The molecule has 176 valence electrons. The summed E-state index contributed by atoms with van der Waals surface area (Å²) in [5, 5.41) is 11.1. The number of aryl methyl sites for hydroxylation is 1. The van der Waals surface area contributed by atoms with Crippen molar-refractivity contribution in [1.29, 1.82) is 0 Å². The summed E-state index contributed by atoms with van der Waals surface area (Å²) in [4.78, 5) is 7.32. The molecule has 1 aliphatic carbocycles. The number of rotatable bonds is 7. The quantitative estimate of drug-likeness (QED) is 0.252. The van der Waals surface area contributed by atoms with Gasteiger partial charge in [-0.05, 0) is 49.9 Å². The minimum atomic E-state index is 0. The third kappa shape index (κ3) is 4.12. The van der Waals surface area contributed by atoms with Crippen LogP contribution in [-0.2, 0) is 12.5 Å². The van der Waals surface area contributed by atoms with E-state index >= 15 is 0 Å². The summed E-state index contributed by atoms with van der Waals surface area (Å²) in [6.07, 6.45) is 2.54. The highest BCUT2D eigenvalue weighted by molar-refractivity contribution is 7.99. The molecule has 2 aromatic carbocycles. The number of likely N-dealkylation sites (tertiary alicyclic amines) is 1. The molecule has 1 saturated carbocycles. The van der Waals surface area contributed by atoms with E-state index in [4.69, 9.17) is 0 Å². The fourth-order valence-corrected chi connectivity index (χ4v) is 6.39. The third-order valence-electron chi connectivity index (χ3n) is 7.36. The Kier molecular flexibility index (Phi) is 6.40. The van der Waals surface area contributed by atoms with E-state index in [-0.39, 0.29) is 12.4 Å². The van der Waals surface area contributed by atoms with Gasteiger partial charge in [0.1, 0.15) is 0 Å². The first-order chi connectivity index (χ1) is 16.1. The number of hydrogen-bond donors (Lipinski definition) is 0. The topological polar surface area (TPSA) is 46.8 Å². The Morgan fingerprint density at radius 2 is 1.88 bits per heavy atom. The Morgan fingerprint density at radius 1 is 1.03 bits per heavy atom. The van der Waals surface area contributed by atoms with E-state index in [1.807, 2.05) is 18.7 Å². The van der Waals surface area contributed by atoms with Crippen LogP contribution in [0.3, 0.4) is 0 Å². The average Bonchev–Trinajstić information content (AvgIpc) is 3.22. The maximum absolute atomic E-state index is 4.66. The Bertz CT molecular complexity index is 1310. The Morgan fingerprint density at radius 3 is 2.74 bits per heavy atom. The molecule has 3 heterocycles. The van der Waals surface area contributed by atoms with Gasteiger partial charge < -0.3 is 9.47 Å². The molecule has 0 N–H and O–H groups in total. The lowest BCUT2D eigenvalue weighted by molar-refractivity contribution is 0.299. The highest BCUT2D eigenvalue weighted by atomic mass is 35.5. The number of thioether (sulfide) groups is 1. The largest absolute Gasteiger partial charge is 0.305 e. The first kappa shape index (κ1) is 23.3. The lowest BCUT2D eigenvalue weighted by Gasteiger charge is -2.20. The summed E-state index contributed by atoms with van der Waals surface area (Å²) in [6, 6.07) is 21.5. The number of piperidine rings is 1. The molecule has 0 amide bonds. The van der Waals surface area contributed by atoms with Gasteiger partial charge in [-0.1, -0.05) is 60.3 Å². The zero-order valence-corrected chi connectivity index (χ0v) is 21.3. The molecule has 1 aliphatic heterocycles. The number of pyridine rings is 1. The maximum Gasteiger partial charge on any atom is 0.191 e. The van der Waals surface area contributed by atoms with Crippen LogP contribution in [0.1, 0.15) is 24.1 Å². The van der Waals surface area contributed by atoms with Crippen molar-refractivity contribution < 1.29 is 0 Å². The summed E-state index contributed by atoms with van der Waals surface area (Å²) >= 11 is 1.81. The number of halogens is 1. The second-order valence-corrected chi connectivity index (χ2v) is 10.6. The van der Waals surface area contributed by atoms with E-state index in [2.05, 4.69) is 92.4 Å². The molecular formula is C27H30ClN5S. The van der Waals surface area contributed by atoms with Gasteiger partial charge in [0, 0.05) is 47.9 Å². The highest BCUT2D eigenvalue weighted by Crippen LogP contribution is 2.58. The van der Waals surface area contributed by atoms with Gasteiger partial charge in [-0.2, -0.15) is 0 Å². The van der Waals surface area contributed by atoms with Gasteiger partial charge in [0.25, 0.3) is 0 Å². The van der Waals surface area contributed by atoms with E-state index in [9.17, 15) is 0 Å². The Hall–Kier alpha value is -2.41. The second-order valence-electron chi connectivity index (χ2n) is 9.55. The molecule has 34 heavy (non-hydrogen) atoms. The minimum absolute atomic E-state index is 0. The zero-order chi connectivity index (χ0) is 22.4. The van der Waals surface area contributed by atoms with Gasteiger partial charge in [0.05, 0.1) is 5.52 Å². The molecule has 2 aromatic heterocycles. The van der Waals surface area contributed by atoms with Gasteiger partial charge in [-0.25, -0.2) is 0 Å². The van der Waals surface area contributed by atoms with Crippen molar-refractivity contribution in [2.45, 2.75) is 30.3 Å². The molecule has 2 aliphatic rings. The molecule has 0 radical (unpaired) electrons. The predicted molar refractivity (Wildman–Crippen MR) is 142 cm³/mol. The van der Waals surface area contributed by atoms with Gasteiger partial charge in [0.2, 0.25) is 0 Å². The number of aromatic nitrogens is 4. The van der Waals surface area contributed by atoms with Crippen molar-refractivity contribution in [3.63, 3.8) is 0 Å². The highest BCUT2D eigenvalue weighted by Gasteiger charge is 2.60. The summed E-state index contributed by atoms with van der Waals surface area (Å²) in [6.45, 7) is 5.66. The smallest absolute Gasteiger partial charge is 0.191 e. The van der Waals surface area contributed by atoms with Crippen molar-refractivity contribution in [3.8, 4) is 11.4 Å². The fourth-order valence-electron chi connectivity index (χ4n) is 5.55. The fraction of sp³-hybridized carbons (Fsp3) is 0.370. The number of hydrogen-bond acceptors (Lipinski definition) is 5. The molecule has 1 saturated heterocycles. The lowest BCUT2D eigenvalue weighted by Crippen LogP contribution is -2.27. The molecule has 0 spiro atoms. The standard InChI is InChI=1S/C27H29N5S.ClH/c1-19-12-13-22-23(10-6-11-24(22)28-19)25-29-30-26(31(25)2)33-15-7-14-32-17-21-16-27(21,18-32)20-8-4-3-5-9-20;/h3-6,8-13,21H,7,14-18H2,1-2H3;1H/t21-,27+;/m1./s1. The summed E-state index contributed by atoms with van der Waals surface area (Å²) < 4.78 is 2.12. The monoisotopic (exact) mass is 491 g/mol. The molecule has 6 rings (SSSR count). The molecule has 2 atom stereocenters. The van der Waals surface area contributed by atoms with Crippen molar-refractivity contribution >= 4 is 35.1 Å². The van der Waals surface area contributed by atoms with Crippen LogP contribution >= 0.6 is 24.2 Å². The Balaban J connectivity index is 0.00000241. The lowest BCUT2D eigenvalue weighted by atomic mass is 9.95. The maximum atomic E-state index is 4.66. The molecule has 4 aromatic rings. The van der Waals surface area contributed by atoms with Crippen molar-refractivity contribution in [3.05, 3.63) is 71.9 Å². The van der Waals surface area contributed by atoms with Crippen LogP contribution in [0.5, 0.6) is 0 Å². The zero-order valence-electron chi connectivity index (χ0n) is 19.6. The van der Waals surface area contributed by atoms with Crippen molar-refractivity contribution in [1.82, 2.24) is 24.6 Å². The molecule has 0 unspecified atom stereocenters. The van der Waals surface area contributed by atoms with Crippen molar-refractivity contribution in [2.24, 2.45) is 13.0 Å². The van der Waals surface area contributed by atoms with Crippen LogP contribution in [0.15, 0.2) is 65.8 Å². The van der Waals surface area contributed by atoms with Crippen molar-refractivity contribution in [2.75, 3.05) is 25.4 Å². The van der Waals surface area contributed by atoms with Gasteiger partial charge >= 0.3 is 0 Å². The first-order valence-corrected chi connectivity index (χ1v) is 12.8. The average molecular weight is 492 g/mol. The van der Waals surface area contributed by atoms with Crippen LogP contribution < -0.4 is 0 Å². The van der Waals surface area contributed by atoms with E-state index in [1.165, 1.54) is 31.5 Å². The molecule has 5 nitrogen and oxygen atoms in total. The van der Waals surface area contributed by atoms with Crippen LogP contribution in [-0.4, -0.2) is 50.0 Å². The van der Waals surface area contributed by atoms with Gasteiger partial charge in [-0.15, -0.1) is 22.6 Å². The molecule has 7 heteroatoms. The van der Waals surface area contributed by atoms with E-state index in [0.717, 1.165) is 51.4 Å².